The molecule has 0 heterocycles. The molecule has 0 amide bonds. The molecule has 0 bridgehead atoms. The van der Waals surface area contributed by atoms with Crippen molar-refractivity contribution in [1.29, 1.82) is 0 Å². The Morgan fingerprint density at radius 2 is 2.11 bits per heavy atom. The Balaban J connectivity index is 2.70. The van der Waals surface area contributed by atoms with Crippen molar-refractivity contribution < 1.29 is 24.5 Å². The summed E-state index contributed by atoms with van der Waals surface area (Å²) in [4.78, 5) is 10.7. The predicted molar refractivity (Wildman–Crippen MR) is 71.0 cm³/mol. The van der Waals surface area contributed by atoms with Gasteiger partial charge in [0.05, 0.1) is 12.7 Å². The van der Waals surface area contributed by atoms with E-state index < -0.39 is 24.6 Å². The highest BCUT2D eigenvalue weighted by atomic mass is 32.2. The fourth-order valence-electron chi connectivity index (χ4n) is 1.69. The minimum absolute atomic E-state index is 0.0560. The second-order valence-corrected chi connectivity index (χ2v) is 5.41. The van der Waals surface area contributed by atoms with Gasteiger partial charge in [0.15, 0.2) is 5.12 Å². The van der Waals surface area contributed by atoms with Crippen molar-refractivity contribution in [3.63, 3.8) is 0 Å². The van der Waals surface area contributed by atoms with E-state index in [4.69, 9.17) is 5.11 Å². The maximum Gasteiger partial charge on any atom is 0.185 e. The molecular formula is C13H17FO4S. The molecule has 106 valence electrons. The molecular weight excluding hydrogens is 271 g/mol. The summed E-state index contributed by atoms with van der Waals surface area (Å²) in [7, 11) is 0. The highest BCUT2D eigenvalue weighted by molar-refractivity contribution is 8.13. The van der Waals surface area contributed by atoms with Crippen molar-refractivity contribution in [2.45, 2.75) is 32.2 Å². The molecule has 6 heteroatoms. The third-order valence-electron chi connectivity index (χ3n) is 2.68. The van der Waals surface area contributed by atoms with Gasteiger partial charge in [-0.3, -0.25) is 4.79 Å². The zero-order valence-corrected chi connectivity index (χ0v) is 11.4. The summed E-state index contributed by atoms with van der Waals surface area (Å²) in [5.41, 5.74) is 0.537. The van der Waals surface area contributed by atoms with E-state index in [0.717, 1.165) is 23.9 Å². The van der Waals surface area contributed by atoms with Gasteiger partial charge in [-0.05, 0) is 29.7 Å². The van der Waals surface area contributed by atoms with Crippen LogP contribution in [0.15, 0.2) is 18.2 Å². The standard InChI is InChI=1S/C13H17FO4S/c1-8(16)19-5-4-12(17)13(18)11-3-2-10(14)6-9(11)7-15/h2-3,6,12-13,15,17-18H,4-5,7H2,1H3. The van der Waals surface area contributed by atoms with Gasteiger partial charge < -0.3 is 15.3 Å². The highest BCUT2D eigenvalue weighted by Gasteiger charge is 2.21. The molecule has 0 aliphatic carbocycles. The van der Waals surface area contributed by atoms with Crippen molar-refractivity contribution in [2.24, 2.45) is 0 Å². The van der Waals surface area contributed by atoms with Crippen LogP contribution in [0.4, 0.5) is 4.39 Å². The summed E-state index contributed by atoms with van der Waals surface area (Å²) in [5, 5.41) is 28.9. The lowest BCUT2D eigenvalue weighted by atomic mass is 9.97. The second-order valence-electron chi connectivity index (χ2n) is 4.14. The summed E-state index contributed by atoms with van der Waals surface area (Å²) in [6, 6.07) is 3.62. The first kappa shape index (κ1) is 16.1. The number of rotatable bonds is 6. The highest BCUT2D eigenvalue weighted by Crippen LogP contribution is 2.24. The SMILES string of the molecule is CC(=O)SCCC(O)C(O)c1ccc(F)cc1CO. The fraction of sp³-hybridized carbons (Fsp3) is 0.462. The molecule has 0 aromatic heterocycles. The first-order chi connectivity index (χ1) is 8.95. The van der Waals surface area contributed by atoms with Crippen molar-refractivity contribution in [3.05, 3.63) is 35.1 Å². The molecule has 0 saturated carbocycles. The number of aliphatic hydroxyl groups is 3. The minimum Gasteiger partial charge on any atom is -0.392 e. The summed E-state index contributed by atoms with van der Waals surface area (Å²) >= 11 is 1.07. The third kappa shape index (κ3) is 4.91. The van der Waals surface area contributed by atoms with E-state index in [1.807, 2.05) is 0 Å². The van der Waals surface area contributed by atoms with Crippen molar-refractivity contribution >= 4 is 16.9 Å². The minimum atomic E-state index is -1.21. The summed E-state index contributed by atoms with van der Waals surface area (Å²) in [5.74, 6) is -0.120. The number of carbonyl (C=O) groups excluding carboxylic acids is 1. The van der Waals surface area contributed by atoms with Gasteiger partial charge in [0.25, 0.3) is 0 Å². The van der Waals surface area contributed by atoms with Crippen LogP contribution in [0.5, 0.6) is 0 Å². The number of carbonyl (C=O) groups is 1. The number of halogens is 1. The normalized spacial score (nSPS) is 14.2. The monoisotopic (exact) mass is 288 g/mol. The lowest BCUT2D eigenvalue weighted by Crippen LogP contribution is -2.20. The average molecular weight is 288 g/mol. The van der Waals surface area contributed by atoms with Gasteiger partial charge in [-0.1, -0.05) is 17.8 Å². The quantitative estimate of drug-likeness (QED) is 0.737. The molecule has 1 aromatic carbocycles. The number of thioether (sulfide) groups is 1. The Hall–Kier alpha value is -0.950. The Kier molecular flexibility index (Phi) is 6.44. The molecule has 1 aromatic rings. The van der Waals surface area contributed by atoms with Crippen LogP contribution >= 0.6 is 11.8 Å². The molecule has 4 nitrogen and oxygen atoms in total. The number of hydrogen-bond donors (Lipinski definition) is 3. The van der Waals surface area contributed by atoms with E-state index in [1.165, 1.54) is 13.0 Å². The van der Waals surface area contributed by atoms with Crippen LogP contribution in [0.25, 0.3) is 0 Å². The molecule has 2 atom stereocenters. The zero-order valence-electron chi connectivity index (χ0n) is 10.5. The maximum atomic E-state index is 13.0. The van der Waals surface area contributed by atoms with Gasteiger partial charge >= 0.3 is 0 Å². The summed E-state index contributed by atoms with van der Waals surface area (Å²) < 4.78 is 13.0. The molecule has 3 N–H and O–H groups in total. The van der Waals surface area contributed by atoms with Crippen LogP contribution in [-0.4, -0.2) is 32.3 Å². The lowest BCUT2D eigenvalue weighted by Gasteiger charge is -2.20. The molecule has 0 spiro atoms. The summed E-state index contributed by atoms with van der Waals surface area (Å²) in [6.45, 7) is 1.01. The van der Waals surface area contributed by atoms with Crippen molar-refractivity contribution in [3.8, 4) is 0 Å². The van der Waals surface area contributed by atoms with Crippen LogP contribution in [0.1, 0.15) is 30.6 Å². The second kappa shape index (κ2) is 7.59. The van der Waals surface area contributed by atoms with Gasteiger partial charge in [0.2, 0.25) is 0 Å². The fourth-order valence-corrected chi connectivity index (χ4v) is 2.34. The molecule has 1 rings (SSSR count). The van der Waals surface area contributed by atoms with Crippen molar-refractivity contribution in [1.82, 2.24) is 0 Å². The van der Waals surface area contributed by atoms with Gasteiger partial charge in [-0.2, -0.15) is 0 Å². The van der Waals surface area contributed by atoms with Crippen LogP contribution in [-0.2, 0) is 11.4 Å². The molecule has 0 saturated heterocycles. The zero-order chi connectivity index (χ0) is 14.4. The van der Waals surface area contributed by atoms with Gasteiger partial charge in [0, 0.05) is 12.7 Å². The van der Waals surface area contributed by atoms with Crippen molar-refractivity contribution in [2.75, 3.05) is 5.75 Å². The molecule has 0 aliphatic heterocycles. The molecule has 2 unspecified atom stereocenters. The van der Waals surface area contributed by atoms with E-state index in [1.54, 1.807) is 0 Å². The molecule has 0 aliphatic rings. The number of aliphatic hydroxyl groups excluding tert-OH is 3. The summed E-state index contributed by atoms with van der Waals surface area (Å²) in [6.07, 6.45) is -2.05. The largest absolute Gasteiger partial charge is 0.392 e. The Morgan fingerprint density at radius 1 is 1.42 bits per heavy atom. The average Bonchev–Trinajstić information content (AvgIpc) is 2.37. The lowest BCUT2D eigenvalue weighted by molar-refractivity contribution is -0.109. The maximum absolute atomic E-state index is 13.0. The van der Waals surface area contributed by atoms with Crippen LogP contribution in [0.3, 0.4) is 0 Å². The Labute approximate surface area is 115 Å². The van der Waals surface area contributed by atoms with Crippen LogP contribution in [0.2, 0.25) is 0 Å². The van der Waals surface area contributed by atoms with Gasteiger partial charge in [0.1, 0.15) is 11.9 Å². The third-order valence-corrected chi connectivity index (χ3v) is 3.52. The number of benzene rings is 1. The molecule has 0 fully saturated rings. The van der Waals surface area contributed by atoms with Crippen LogP contribution < -0.4 is 0 Å². The van der Waals surface area contributed by atoms with E-state index in [9.17, 15) is 19.4 Å². The topological polar surface area (TPSA) is 77.8 Å². The van der Waals surface area contributed by atoms with Crippen LogP contribution in [0, 0.1) is 5.82 Å². The Bertz CT molecular complexity index is 439. The first-order valence-electron chi connectivity index (χ1n) is 5.84. The van der Waals surface area contributed by atoms with E-state index >= 15 is 0 Å². The Morgan fingerprint density at radius 3 is 2.68 bits per heavy atom. The number of hydrogen-bond acceptors (Lipinski definition) is 5. The smallest absolute Gasteiger partial charge is 0.185 e. The van der Waals surface area contributed by atoms with E-state index in [2.05, 4.69) is 0 Å². The van der Waals surface area contributed by atoms with E-state index in [0.29, 0.717) is 11.3 Å². The van der Waals surface area contributed by atoms with Gasteiger partial charge in [-0.15, -0.1) is 0 Å². The molecule has 0 radical (unpaired) electrons. The van der Waals surface area contributed by atoms with E-state index in [-0.39, 0.29) is 17.1 Å². The predicted octanol–water partition coefficient (Wildman–Crippen LogP) is 1.38. The van der Waals surface area contributed by atoms with Gasteiger partial charge in [-0.25, -0.2) is 4.39 Å². The molecule has 19 heavy (non-hydrogen) atoms. The first-order valence-corrected chi connectivity index (χ1v) is 6.83.